The standard InChI is InChI=1S/C17H24N2O2/c1-4-17(5-2,6-3)19-16(21)15-10-11-18-13-14(15)9-7-8-12-20/h10-11,13,20H,4-6,8,12H2,1-3H3,(H,19,21). The maximum atomic E-state index is 12.5. The van der Waals surface area contributed by atoms with Crippen LogP contribution in [0.4, 0.5) is 0 Å². The summed E-state index contributed by atoms with van der Waals surface area (Å²) >= 11 is 0. The highest BCUT2D eigenvalue weighted by molar-refractivity contribution is 5.97. The number of amides is 1. The molecule has 114 valence electrons. The van der Waals surface area contributed by atoms with Gasteiger partial charge in [-0.05, 0) is 25.3 Å². The summed E-state index contributed by atoms with van der Waals surface area (Å²) in [5, 5.41) is 11.9. The van der Waals surface area contributed by atoms with Gasteiger partial charge in [-0.3, -0.25) is 9.78 Å². The molecule has 0 bridgehead atoms. The average Bonchev–Trinajstić information content (AvgIpc) is 2.53. The first-order chi connectivity index (χ1) is 10.1. The number of aromatic nitrogens is 1. The Morgan fingerprint density at radius 3 is 2.57 bits per heavy atom. The SMILES string of the molecule is CCC(CC)(CC)NC(=O)c1ccncc1C#CCCO. The van der Waals surface area contributed by atoms with Crippen molar-refractivity contribution in [2.24, 2.45) is 0 Å². The maximum absolute atomic E-state index is 12.5. The Bertz CT molecular complexity index is 517. The zero-order chi connectivity index (χ0) is 15.7. The first-order valence-corrected chi connectivity index (χ1v) is 7.48. The summed E-state index contributed by atoms with van der Waals surface area (Å²) in [5.74, 6) is 5.62. The van der Waals surface area contributed by atoms with Crippen LogP contribution in [0.25, 0.3) is 0 Å². The second kappa shape index (κ2) is 8.43. The number of carbonyl (C=O) groups excluding carboxylic acids is 1. The predicted octanol–water partition coefficient (Wildman–Crippen LogP) is 2.51. The number of nitrogens with one attached hydrogen (secondary N) is 1. The molecule has 0 aliphatic carbocycles. The second-order valence-electron chi connectivity index (χ2n) is 4.99. The Morgan fingerprint density at radius 1 is 1.33 bits per heavy atom. The molecule has 0 aliphatic rings. The van der Waals surface area contributed by atoms with Crippen LogP contribution in [0.5, 0.6) is 0 Å². The molecule has 21 heavy (non-hydrogen) atoms. The number of pyridine rings is 1. The van der Waals surface area contributed by atoms with Crippen LogP contribution in [0, 0.1) is 11.8 Å². The van der Waals surface area contributed by atoms with E-state index in [1.807, 2.05) is 0 Å². The fourth-order valence-electron chi connectivity index (χ4n) is 2.23. The number of rotatable bonds is 6. The van der Waals surface area contributed by atoms with Gasteiger partial charge in [0.2, 0.25) is 0 Å². The molecule has 0 saturated carbocycles. The number of nitrogens with zero attached hydrogens (tertiary/aromatic N) is 1. The number of hydrogen-bond acceptors (Lipinski definition) is 3. The minimum absolute atomic E-state index is 0.0133. The molecule has 0 fully saturated rings. The van der Waals surface area contributed by atoms with Crippen LogP contribution in [0.15, 0.2) is 18.5 Å². The third-order valence-electron chi connectivity index (χ3n) is 3.93. The van der Waals surface area contributed by atoms with Gasteiger partial charge in [0.05, 0.1) is 17.7 Å². The highest BCUT2D eigenvalue weighted by atomic mass is 16.2. The van der Waals surface area contributed by atoms with E-state index in [0.29, 0.717) is 17.5 Å². The molecule has 1 amide bonds. The van der Waals surface area contributed by atoms with E-state index in [0.717, 1.165) is 19.3 Å². The summed E-state index contributed by atoms with van der Waals surface area (Å²) in [7, 11) is 0. The molecule has 1 aromatic heterocycles. The first kappa shape index (κ1) is 17.2. The molecule has 0 unspecified atom stereocenters. The lowest BCUT2D eigenvalue weighted by Crippen LogP contribution is -2.47. The van der Waals surface area contributed by atoms with Crippen molar-refractivity contribution in [2.75, 3.05) is 6.61 Å². The molecule has 2 N–H and O–H groups in total. The summed E-state index contributed by atoms with van der Waals surface area (Å²) < 4.78 is 0. The molecule has 0 radical (unpaired) electrons. The molecule has 4 heteroatoms. The van der Waals surface area contributed by atoms with Crippen LogP contribution < -0.4 is 5.32 Å². The molecule has 0 atom stereocenters. The summed E-state index contributed by atoms with van der Waals surface area (Å²) in [5.41, 5.74) is 0.965. The lowest BCUT2D eigenvalue weighted by atomic mass is 9.89. The van der Waals surface area contributed by atoms with E-state index in [4.69, 9.17) is 5.11 Å². The summed E-state index contributed by atoms with van der Waals surface area (Å²) in [6.07, 6.45) is 6.24. The van der Waals surface area contributed by atoms with Gasteiger partial charge in [0.25, 0.3) is 5.91 Å². The predicted molar refractivity (Wildman–Crippen MR) is 83.9 cm³/mol. The topological polar surface area (TPSA) is 62.2 Å². The Morgan fingerprint density at radius 2 is 2.00 bits per heavy atom. The van der Waals surface area contributed by atoms with Crippen LogP contribution in [0.3, 0.4) is 0 Å². The lowest BCUT2D eigenvalue weighted by molar-refractivity contribution is 0.0888. The minimum atomic E-state index is -0.170. The van der Waals surface area contributed by atoms with Crippen molar-refractivity contribution in [2.45, 2.75) is 52.0 Å². The molecular formula is C17H24N2O2. The van der Waals surface area contributed by atoms with Gasteiger partial charge in [-0.2, -0.15) is 0 Å². The molecule has 0 saturated heterocycles. The van der Waals surface area contributed by atoms with Gasteiger partial charge in [-0.25, -0.2) is 0 Å². The van der Waals surface area contributed by atoms with Crippen molar-refractivity contribution in [3.63, 3.8) is 0 Å². The van der Waals surface area contributed by atoms with E-state index in [-0.39, 0.29) is 18.1 Å². The van der Waals surface area contributed by atoms with Gasteiger partial charge in [-0.15, -0.1) is 0 Å². The fraction of sp³-hybridized carbons (Fsp3) is 0.529. The molecule has 4 nitrogen and oxygen atoms in total. The van der Waals surface area contributed by atoms with Gasteiger partial charge in [0.15, 0.2) is 0 Å². The molecule has 1 rings (SSSR count). The summed E-state index contributed by atoms with van der Waals surface area (Å²) in [6, 6.07) is 1.68. The van der Waals surface area contributed by atoms with Crippen LogP contribution in [-0.2, 0) is 0 Å². The molecule has 1 aromatic rings. The zero-order valence-corrected chi connectivity index (χ0v) is 13.1. The Balaban J connectivity index is 3.00. The zero-order valence-electron chi connectivity index (χ0n) is 13.1. The third-order valence-corrected chi connectivity index (χ3v) is 3.93. The maximum Gasteiger partial charge on any atom is 0.253 e. The third kappa shape index (κ3) is 4.57. The number of aliphatic hydroxyl groups excluding tert-OH is 1. The van der Waals surface area contributed by atoms with Crippen molar-refractivity contribution < 1.29 is 9.90 Å². The lowest BCUT2D eigenvalue weighted by Gasteiger charge is -2.32. The van der Waals surface area contributed by atoms with E-state index >= 15 is 0 Å². The minimum Gasteiger partial charge on any atom is -0.395 e. The molecule has 0 aromatic carbocycles. The molecular weight excluding hydrogens is 264 g/mol. The van der Waals surface area contributed by atoms with Crippen molar-refractivity contribution in [1.82, 2.24) is 10.3 Å². The molecule has 0 aliphatic heterocycles. The smallest absolute Gasteiger partial charge is 0.253 e. The number of carbonyl (C=O) groups is 1. The Labute approximate surface area is 127 Å². The van der Waals surface area contributed by atoms with Gasteiger partial charge in [-0.1, -0.05) is 32.6 Å². The number of hydrogen-bond donors (Lipinski definition) is 2. The van der Waals surface area contributed by atoms with Crippen molar-refractivity contribution in [1.29, 1.82) is 0 Å². The van der Waals surface area contributed by atoms with Crippen LogP contribution in [-0.4, -0.2) is 28.1 Å². The summed E-state index contributed by atoms with van der Waals surface area (Å²) in [6.45, 7) is 6.27. The van der Waals surface area contributed by atoms with Crippen LogP contribution in [0.2, 0.25) is 0 Å². The largest absolute Gasteiger partial charge is 0.395 e. The second-order valence-corrected chi connectivity index (χ2v) is 4.99. The van der Waals surface area contributed by atoms with Crippen molar-refractivity contribution >= 4 is 5.91 Å². The Kier molecular flexibility index (Phi) is 6.90. The van der Waals surface area contributed by atoms with Crippen LogP contribution >= 0.6 is 0 Å². The van der Waals surface area contributed by atoms with E-state index in [1.54, 1.807) is 18.5 Å². The average molecular weight is 288 g/mol. The monoisotopic (exact) mass is 288 g/mol. The molecule has 0 spiro atoms. The normalized spacial score (nSPS) is 10.7. The highest BCUT2D eigenvalue weighted by Crippen LogP contribution is 2.20. The van der Waals surface area contributed by atoms with Gasteiger partial charge < -0.3 is 10.4 Å². The van der Waals surface area contributed by atoms with Gasteiger partial charge in [0.1, 0.15) is 0 Å². The van der Waals surface area contributed by atoms with Gasteiger partial charge >= 0.3 is 0 Å². The van der Waals surface area contributed by atoms with E-state index in [9.17, 15) is 4.79 Å². The van der Waals surface area contributed by atoms with E-state index in [2.05, 4.69) is 42.9 Å². The number of aliphatic hydroxyl groups is 1. The van der Waals surface area contributed by atoms with E-state index in [1.165, 1.54) is 0 Å². The van der Waals surface area contributed by atoms with Crippen molar-refractivity contribution in [3.05, 3.63) is 29.6 Å². The van der Waals surface area contributed by atoms with Gasteiger partial charge in [0, 0.05) is 24.4 Å². The fourth-order valence-corrected chi connectivity index (χ4v) is 2.23. The first-order valence-electron chi connectivity index (χ1n) is 7.48. The molecule has 1 heterocycles. The van der Waals surface area contributed by atoms with Crippen molar-refractivity contribution in [3.8, 4) is 11.8 Å². The van der Waals surface area contributed by atoms with E-state index < -0.39 is 0 Å². The quantitative estimate of drug-likeness (QED) is 0.791. The van der Waals surface area contributed by atoms with Crippen LogP contribution in [0.1, 0.15) is 62.4 Å². The highest BCUT2D eigenvalue weighted by Gasteiger charge is 2.26. The Hall–Kier alpha value is -1.86. The summed E-state index contributed by atoms with van der Waals surface area (Å²) in [4.78, 5) is 16.6.